The van der Waals surface area contributed by atoms with Crippen LogP contribution in [0.4, 0.5) is 0 Å². The maximum absolute atomic E-state index is 11.4. The summed E-state index contributed by atoms with van der Waals surface area (Å²) < 4.78 is 9.27. The van der Waals surface area contributed by atoms with E-state index in [2.05, 4.69) is 47.8 Å². The van der Waals surface area contributed by atoms with Crippen LogP contribution in [0.3, 0.4) is 0 Å². The second-order valence-electron chi connectivity index (χ2n) is 7.02. The van der Waals surface area contributed by atoms with E-state index < -0.39 is 11.9 Å². The molecule has 0 heterocycles. The molecule has 2 rings (SSSR count). The molecule has 8 heteroatoms. The summed E-state index contributed by atoms with van der Waals surface area (Å²) >= 11 is 10.9. The molecule has 2 aromatic rings. The van der Waals surface area contributed by atoms with Crippen LogP contribution in [0.25, 0.3) is 11.1 Å². The van der Waals surface area contributed by atoms with Gasteiger partial charge in [0.1, 0.15) is 23.1 Å². The Morgan fingerprint density at radius 3 is 1.26 bits per heavy atom. The molecule has 0 radical (unpaired) electrons. The molecule has 6 nitrogen and oxygen atoms in total. The van der Waals surface area contributed by atoms with Gasteiger partial charge >= 0.3 is 11.9 Å². The van der Waals surface area contributed by atoms with E-state index in [-0.39, 0.29) is 13.1 Å². The molecule has 0 fully saturated rings. The predicted molar refractivity (Wildman–Crippen MR) is 147 cm³/mol. The van der Waals surface area contributed by atoms with Crippen LogP contribution < -0.4 is 10.6 Å². The first-order chi connectivity index (χ1) is 16.3. The fourth-order valence-electron chi connectivity index (χ4n) is 2.47. The number of carbonyl (C=O) groups excluding carboxylic acids is 2. The Morgan fingerprint density at radius 2 is 0.971 bits per heavy atom. The van der Waals surface area contributed by atoms with E-state index >= 15 is 0 Å². The molecule has 34 heavy (non-hydrogen) atoms. The molecule has 0 atom stereocenters. The van der Waals surface area contributed by atoms with Crippen molar-refractivity contribution in [2.75, 3.05) is 27.3 Å². The number of benzene rings is 2. The fraction of sp³-hybridized carbons (Fsp3) is 0.385. The summed E-state index contributed by atoms with van der Waals surface area (Å²) in [6, 6.07) is 15.1. The van der Waals surface area contributed by atoms with Crippen molar-refractivity contribution in [3.05, 3.63) is 59.7 Å². The molecule has 0 aliphatic heterocycles. The molecule has 0 unspecified atom stereocenters. The first-order valence-corrected chi connectivity index (χ1v) is 12.0. The van der Waals surface area contributed by atoms with E-state index in [0.29, 0.717) is 9.98 Å². The van der Waals surface area contributed by atoms with Crippen LogP contribution in [0.2, 0.25) is 0 Å². The van der Waals surface area contributed by atoms with E-state index in [1.54, 1.807) is 0 Å². The SMILES string of the molecule is CCC.CCC.COC(=O)CNC(=S)c1ccccc1-c1ccccc1C(=S)NCC(=O)OC. The minimum atomic E-state index is -0.409. The van der Waals surface area contributed by atoms with E-state index in [1.165, 1.54) is 27.1 Å². The van der Waals surface area contributed by atoms with Crippen LogP contribution >= 0.6 is 24.4 Å². The Bertz CT molecular complexity index is 857. The van der Waals surface area contributed by atoms with Gasteiger partial charge in [-0.1, -0.05) is 114 Å². The quantitative estimate of drug-likeness (QED) is 0.400. The highest BCUT2D eigenvalue weighted by Gasteiger charge is 2.15. The van der Waals surface area contributed by atoms with E-state index in [1.807, 2.05) is 48.5 Å². The Balaban J connectivity index is 0.00000164. The highest BCUT2D eigenvalue weighted by atomic mass is 32.1. The van der Waals surface area contributed by atoms with Crippen molar-refractivity contribution in [3.63, 3.8) is 0 Å². The van der Waals surface area contributed by atoms with Crippen LogP contribution in [0.15, 0.2) is 48.5 Å². The zero-order chi connectivity index (χ0) is 25.9. The third kappa shape index (κ3) is 11.3. The average molecular weight is 505 g/mol. The summed E-state index contributed by atoms with van der Waals surface area (Å²) in [6.45, 7) is 8.45. The van der Waals surface area contributed by atoms with Gasteiger partial charge in [-0.15, -0.1) is 0 Å². The highest BCUT2D eigenvalue weighted by molar-refractivity contribution is 7.81. The van der Waals surface area contributed by atoms with Crippen molar-refractivity contribution in [1.82, 2.24) is 10.6 Å². The summed E-state index contributed by atoms with van der Waals surface area (Å²) in [4.78, 5) is 23.6. The second-order valence-corrected chi connectivity index (χ2v) is 7.84. The minimum absolute atomic E-state index is 0.0234. The smallest absolute Gasteiger partial charge is 0.325 e. The molecular weight excluding hydrogens is 468 g/mol. The number of thiocarbonyl (C=S) groups is 2. The molecule has 0 saturated carbocycles. The molecule has 2 aromatic carbocycles. The monoisotopic (exact) mass is 504 g/mol. The van der Waals surface area contributed by atoms with Gasteiger partial charge in [0.05, 0.1) is 14.2 Å². The topological polar surface area (TPSA) is 76.7 Å². The van der Waals surface area contributed by atoms with Crippen LogP contribution in [-0.4, -0.2) is 49.2 Å². The Kier molecular flexibility index (Phi) is 17.0. The summed E-state index contributed by atoms with van der Waals surface area (Å²) in [5, 5.41) is 5.81. The number of esters is 2. The molecule has 0 aromatic heterocycles. The number of carbonyl (C=O) groups is 2. The van der Waals surface area contributed by atoms with Crippen LogP contribution in [-0.2, 0) is 19.1 Å². The van der Waals surface area contributed by atoms with Crippen LogP contribution in [0.5, 0.6) is 0 Å². The lowest BCUT2D eigenvalue weighted by atomic mass is 9.95. The van der Waals surface area contributed by atoms with Crippen molar-refractivity contribution in [1.29, 1.82) is 0 Å². The van der Waals surface area contributed by atoms with Gasteiger partial charge < -0.3 is 20.1 Å². The first kappa shape index (κ1) is 31.2. The summed E-state index contributed by atoms with van der Waals surface area (Å²) in [5.74, 6) is -0.818. The minimum Gasteiger partial charge on any atom is -0.468 e. The van der Waals surface area contributed by atoms with Gasteiger partial charge in [0.15, 0.2) is 0 Å². The van der Waals surface area contributed by atoms with Gasteiger partial charge in [0.25, 0.3) is 0 Å². The normalized spacial score (nSPS) is 9.24. The molecule has 2 N–H and O–H groups in total. The molecule has 0 amide bonds. The number of nitrogens with one attached hydrogen (secondary N) is 2. The molecule has 186 valence electrons. The zero-order valence-corrected chi connectivity index (χ0v) is 22.5. The Labute approximate surface area is 214 Å². The third-order valence-corrected chi connectivity index (χ3v) is 4.60. The van der Waals surface area contributed by atoms with Gasteiger partial charge in [0, 0.05) is 11.1 Å². The molecule has 0 spiro atoms. The first-order valence-electron chi connectivity index (χ1n) is 11.2. The maximum Gasteiger partial charge on any atom is 0.325 e. The van der Waals surface area contributed by atoms with Gasteiger partial charge in [-0.3, -0.25) is 9.59 Å². The van der Waals surface area contributed by atoms with Crippen molar-refractivity contribution < 1.29 is 19.1 Å². The van der Waals surface area contributed by atoms with Gasteiger partial charge in [-0.05, 0) is 11.1 Å². The lowest BCUT2D eigenvalue weighted by molar-refractivity contribution is -0.140. The lowest BCUT2D eigenvalue weighted by Gasteiger charge is -2.16. The summed E-state index contributed by atoms with van der Waals surface area (Å²) in [7, 11) is 2.64. The predicted octanol–water partition coefficient (Wildman–Crippen LogP) is 5.06. The third-order valence-electron chi connectivity index (χ3n) is 3.88. The standard InChI is InChI=1S/C20H20N2O4S2.2C3H8/c1-25-17(23)11-21-19(27)15-9-5-3-7-13(15)14-8-4-6-10-16(14)20(28)22-12-18(24)26-2;2*1-3-2/h3-10H,11-12H2,1-2H3,(H,21,27)(H,22,28);2*3H2,1-2H3. The molecular formula is C26H36N2O4S2. The fourth-order valence-corrected chi connectivity index (χ4v) is 2.97. The number of ether oxygens (including phenoxy) is 2. The van der Waals surface area contributed by atoms with Gasteiger partial charge in [-0.25, -0.2) is 0 Å². The summed E-state index contributed by atoms with van der Waals surface area (Å²) in [5.41, 5.74) is 3.21. The Morgan fingerprint density at radius 1 is 0.676 bits per heavy atom. The molecule has 0 saturated heterocycles. The van der Waals surface area contributed by atoms with Gasteiger partial charge in [0.2, 0.25) is 0 Å². The molecule has 0 bridgehead atoms. The van der Waals surface area contributed by atoms with Crippen LogP contribution in [0, 0.1) is 0 Å². The van der Waals surface area contributed by atoms with Crippen molar-refractivity contribution in [2.45, 2.75) is 40.5 Å². The van der Waals surface area contributed by atoms with Crippen LogP contribution in [0.1, 0.15) is 51.7 Å². The number of hydrogen-bond acceptors (Lipinski definition) is 6. The average Bonchev–Trinajstić information content (AvgIpc) is 2.86. The highest BCUT2D eigenvalue weighted by Crippen LogP contribution is 2.27. The lowest BCUT2D eigenvalue weighted by Crippen LogP contribution is -2.30. The zero-order valence-electron chi connectivity index (χ0n) is 20.9. The number of methoxy groups -OCH3 is 2. The number of hydrogen-bond donors (Lipinski definition) is 2. The van der Waals surface area contributed by atoms with Crippen molar-refractivity contribution in [2.24, 2.45) is 0 Å². The van der Waals surface area contributed by atoms with Crippen molar-refractivity contribution in [3.8, 4) is 11.1 Å². The van der Waals surface area contributed by atoms with Gasteiger partial charge in [-0.2, -0.15) is 0 Å². The second kappa shape index (κ2) is 18.6. The van der Waals surface area contributed by atoms with E-state index in [0.717, 1.165) is 22.3 Å². The Hall–Kier alpha value is -2.84. The number of rotatable bonds is 7. The van der Waals surface area contributed by atoms with E-state index in [4.69, 9.17) is 24.4 Å². The van der Waals surface area contributed by atoms with Crippen molar-refractivity contribution >= 4 is 46.4 Å². The molecule has 0 aliphatic rings. The van der Waals surface area contributed by atoms with E-state index in [9.17, 15) is 9.59 Å². The maximum atomic E-state index is 11.4. The largest absolute Gasteiger partial charge is 0.468 e. The molecule has 0 aliphatic carbocycles. The summed E-state index contributed by atoms with van der Waals surface area (Å²) in [6.07, 6.45) is 2.50.